The zero-order valence-corrected chi connectivity index (χ0v) is 12.3. The van der Waals surface area contributed by atoms with Crippen molar-refractivity contribution in [2.45, 2.75) is 45.6 Å². The van der Waals surface area contributed by atoms with E-state index in [2.05, 4.69) is 18.8 Å². The van der Waals surface area contributed by atoms with Crippen molar-refractivity contribution in [2.75, 3.05) is 6.54 Å². The summed E-state index contributed by atoms with van der Waals surface area (Å²) in [5.74, 6) is 1.50. The van der Waals surface area contributed by atoms with Gasteiger partial charge in [0.2, 0.25) is 0 Å². The highest BCUT2D eigenvalue weighted by Crippen LogP contribution is 2.48. The van der Waals surface area contributed by atoms with E-state index in [0.717, 1.165) is 30.4 Å². The predicted octanol–water partition coefficient (Wildman–Crippen LogP) is 2.24. The van der Waals surface area contributed by atoms with Gasteiger partial charge in [0, 0.05) is 19.0 Å². The average Bonchev–Trinajstić information content (AvgIpc) is 2.84. The molecular weight excluding hydrogens is 238 g/mol. The molecule has 1 unspecified atom stereocenters. The average molecular weight is 265 g/mol. The summed E-state index contributed by atoms with van der Waals surface area (Å²) >= 11 is 0. The van der Waals surface area contributed by atoms with E-state index in [0.29, 0.717) is 6.54 Å². The van der Waals surface area contributed by atoms with Crippen LogP contribution in [0.5, 0.6) is 0 Å². The number of rotatable bonds is 4. The Labute approximate surface area is 116 Å². The maximum Gasteiger partial charge on any atom is 0.102 e. The summed E-state index contributed by atoms with van der Waals surface area (Å²) in [6.07, 6.45) is 7.36. The summed E-state index contributed by atoms with van der Waals surface area (Å²) in [6.45, 7) is 5.12. The molecule has 1 saturated carbocycles. The van der Waals surface area contributed by atoms with Gasteiger partial charge in [-0.2, -0.15) is 0 Å². The van der Waals surface area contributed by atoms with Gasteiger partial charge < -0.3 is 15.4 Å². The molecule has 0 saturated heterocycles. The molecule has 1 aliphatic carbocycles. The zero-order chi connectivity index (χ0) is 14.0. The number of nitrogens with zero attached hydrogens (tertiary/aromatic N) is 2. The maximum absolute atomic E-state index is 10.7. The van der Waals surface area contributed by atoms with Gasteiger partial charge in [0.25, 0.3) is 0 Å². The third kappa shape index (κ3) is 2.70. The highest BCUT2D eigenvalue weighted by molar-refractivity contribution is 5.09. The van der Waals surface area contributed by atoms with Crippen LogP contribution in [0.4, 0.5) is 0 Å². The molecule has 108 valence electrons. The molecule has 1 atom stereocenters. The van der Waals surface area contributed by atoms with Gasteiger partial charge in [0.05, 0.1) is 18.2 Å². The van der Waals surface area contributed by atoms with E-state index in [1.807, 2.05) is 11.6 Å². The van der Waals surface area contributed by atoms with Crippen molar-refractivity contribution in [1.29, 1.82) is 0 Å². The van der Waals surface area contributed by atoms with E-state index >= 15 is 0 Å². The van der Waals surface area contributed by atoms with Crippen LogP contribution < -0.4 is 5.73 Å². The largest absolute Gasteiger partial charge is 0.386 e. The SMILES string of the molecule is CC(C)C1CCC(CN)(C(O)c2cncn2C)CC1. The van der Waals surface area contributed by atoms with Crippen molar-refractivity contribution in [3.05, 3.63) is 18.2 Å². The minimum Gasteiger partial charge on any atom is -0.386 e. The molecule has 0 spiro atoms. The molecule has 0 bridgehead atoms. The molecule has 19 heavy (non-hydrogen) atoms. The Morgan fingerprint density at radius 1 is 1.47 bits per heavy atom. The second-order valence-electron chi connectivity index (χ2n) is 6.48. The van der Waals surface area contributed by atoms with Gasteiger partial charge >= 0.3 is 0 Å². The Hall–Kier alpha value is -0.870. The van der Waals surface area contributed by atoms with E-state index in [-0.39, 0.29) is 5.41 Å². The van der Waals surface area contributed by atoms with E-state index in [1.54, 1.807) is 12.5 Å². The number of aromatic nitrogens is 2. The summed E-state index contributed by atoms with van der Waals surface area (Å²) in [7, 11) is 1.93. The minimum absolute atomic E-state index is 0.167. The molecule has 1 aliphatic rings. The first-order valence-corrected chi connectivity index (χ1v) is 7.34. The lowest BCUT2D eigenvalue weighted by Gasteiger charge is -2.43. The normalized spacial score (nSPS) is 29.7. The van der Waals surface area contributed by atoms with Gasteiger partial charge in [0.15, 0.2) is 0 Å². The van der Waals surface area contributed by atoms with Crippen LogP contribution in [-0.4, -0.2) is 21.2 Å². The second kappa shape index (κ2) is 5.63. The summed E-state index contributed by atoms with van der Waals surface area (Å²) in [6, 6.07) is 0. The minimum atomic E-state index is -0.502. The maximum atomic E-state index is 10.7. The lowest BCUT2D eigenvalue weighted by molar-refractivity contribution is -0.0188. The van der Waals surface area contributed by atoms with Crippen molar-refractivity contribution < 1.29 is 5.11 Å². The van der Waals surface area contributed by atoms with Crippen LogP contribution in [0.25, 0.3) is 0 Å². The van der Waals surface area contributed by atoms with Crippen LogP contribution in [0, 0.1) is 17.3 Å². The van der Waals surface area contributed by atoms with Gasteiger partial charge in [-0.1, -0.05) is 13.8 Å². The van der Waals surface area contributed by atoms with Crippen molar-refractivity contribution >= 4 is 0 Å². The summed E-state index contributed by atoms with van der Waals surface area (Å²) in [5.41, 5.74) is 6.74. The highest BCUT2D eigenvalue weighted by atomic mass is 16.3. The standard InChI is InChI=1S/C15H27N3O/c1-11(2)12-4-6-15(9-16,7-5-12)14(19)13-8-17-10-18(13)3/h8,10-12,14,19H,4-7,9,16H2,1-3H3. The van der Waals surface area contributed by atoms with E-state index in [1.165, 1.54) is 12.8 Å². The molecule has 1 heterocycles. The first-order valence-electron chi connectivity index (χ1n) is 7.34. The van der Waals surface area contributed by atoms with Crippen LogP contribution in [0.2, 0.25) is 0 Å². The summed E-state index contributed by atoms with van der Waals surface area (Å²) in [4.78, 5) is 4.11. The predicted molar refractivity (Wildman–Crippen MR) is 76.5 cm³/mol. The molecule has 2 rings (SSSR count). The van der Waals surface area contributed by atoms with E-state index < -0.39 is 6.10 Å². The number of aliphatic hydroxyl groups is 1. The third-order valence-corrected chi connectivity index (χ3v) is 5.09. The highest BCUT2D eigenvalue weighted by Gasteiger charge is 2.42. The molecule has 1 fully saturated rings. The van der Waals surface area contributed by atoms with Crippen LogP contribution >= 0.6 is 0 Å². The lowest BCUT2D eigenvalue weighted by atomic mass is 9.65. The number of hydrogen-bond donors (Lipinski definition) is 2. The van der Waals surface area contributed by atoms with Crippen molar-refractivity contribution in [1.82, 2.24) is 9.55 Å². The lowest BCUT2D eigenvalue weighted by Crippen LogP contribution is -2.41. The first-order chi connectivity index (χ1) is 9.00. The van der Waals surface area contributed by atoms with Crippen molar-refractivity contribution in [3.8, 4) is 0 Å². The molecule has 4 heteroatoms. The number of aliphatic hydroxyl groups excluding tert-OH is 1. The van der Waals surface area contributed by atoms with Crippen molar-refractivity contribution in [3.63, 3.8) is 0 Å². The zero-order valence-electron chi connectivity index (χ0n) is 12.3. The first kappa shape index (κ1) is 14.5. The molecular formula is C15H27N3O. The topological polar surface area (TPSA) is 64.1 Å². The Balaban J connectivity index is 2.14. The molecule has 1 aromatic heterocycles. The Kier molecular flexibility index (Phi) is 4.31. The molecule has 0 aliphatic heterocycles. The van der Waals surface area contributed by atoms with E-state index in [9.17, 15) is 5.11 Å². The monoisotopic (exact) mass is 265 g/mol. The Morgan fingerprint density at radius 2 is 2.11 bits per heavy atom. The van der Waals surface area contributed by atoms with Crippen LogP contribution in [-0.2, 0) is 7.05 Å². The summed E-state index contributed by atoms with van der Waals surface area (Å²) < 4.78 is 1.90. The third-order valence-electron chi connectivity index (χ3n) is 5.09. The molecule has 3 N–H and O–H groups in total. The van der Waals surface area contributed by atoms with Crippen LogP contribution in [0.15, 0.2) is 12.5 Å². The number of hydrogen-bond acceptors (Lipinski definition) is 3. The Bertz CT molecular complexity index is 405. The summed E-state index contributed by atoms with van der Waals surface area (Å²) in [5, 5.41) is 10.7. The fourth-order valence-electron chi connectivity index (χ4n) is 3.42. The smallest absolute Gasteiger partial charge is 0.102 e. The number of nitrogens with two attached hydrogens (primary N) is 1. The molecule has 0 amide bonds. The van der Waals surface area contributed by atoms with E-state index in [4.69, 9.17) is 5.73 Å². The molecule has 0 radical (unpaired) electrons. The molecule has 4 nitrogen and oxygen atoms in total. The van der Waals surface area contributed by atoms with Gasteiger partial charge in [0.1, 0.15) is 6.10 Å². The molecule has 0 aromatic carbocycles. The van der Waals surface area contributed by atoms with Gasteiger partial charge in [-0.25, -0.2) is 4.98 Å². The number of imidazole rings is 1. The van der Waals surface area contributed by atoms with Gasteiger partial charge in [-0.3, -0.25) is 0 Å². The number of aryl methyl sites for hydroxylation is 1. The van der Waals surface area contributed by atoms with Crippen LogP contribution in [0.1, 0.15) is 51.3 Å². The second-order valence-corrected chi connectivity index (χ2v) is 6.48. The van der Waals surface area contributed by atoms with Gasteiger partial charge in [-0.05, 0) is 37.5 Å². The quantitative estimate of drug-likeness (QED) is 0.877. The molecule has 1 aromatic rings. The van der Waals surface area contributed by atoms with Gasteiger partial charge in [-0.15, -0.1) is 0 Å². The van der Waals surface area contributed by atoms with Crippen molar-refractivity contribution in [2.24, 2.45) is 30.0 Å². The fourth-order valence-corrected chi connectivity index (χ4v) is 3.42. The van der Waals surface area contributed by atoms with Crippen LogP contribution in [0.3, 0.4) is 0 Å². The Morgan fingerprint density at radius 3 is 2.53 bits per heavy atom. The fraction of sp³-hybridized carbons (Fsp3) is 0.800.